The summed E-state index contributed by atoms with van der Waals surface area (Å²) in [6, 6.07) is 24.4. The van der Waals surface area contributed by atoms with Gasteiger partial charge in [0.1, 0.15) is 11.8 Å². The highest BCUT2D eigenvalue weighted by Crippen LogP contribution is 2.33. The fraction of sp³-hybridized carbons (Fsp3) is 0.259. The van der Waals surface area contributed by atoms with E-state index in [0.29, 0.717) is 19.4 Å². The molecule has 3 aromatic carbocycles. The van der Waals surface area contributed by atoms with Gasteiger partial charge in [0, 0.05) is 0 Å². The van der Waals surface area contributed by atoms with Crippen molar-refractivity contribution in [3.05, 3.63) is 102 Å². The first-order valence-corrected chi connectivity index (χ1v) is 11.1. The Bertz CT molecular complexity index is 1000. The Kier molecular flexibility index (Phi) is 8.22. The minimum Gasteiger partial charge on any atom is -0.508 e. The van der Waals surface area contributed by atoms with Crippen LogP contribution in [0.1, 0.15) is 48.4 Å². The first-order chi connectivity index (χ1) is 15.9. The smallest absolute Gasteiger partial charge is 0.240 e. The average Bonchev–Trinajstić information content (AvgIpc) is 2.83. The van der Waals surface area contributed by atoms with E-state index in [0.717, 1.165) is 16.7 Å². The van der Waals surface area contributed by atoms with Crippen molar-refractivity contribution in [1.82, 2.24) is 4.90 Å². The third kappa shape index (κ3) is 5.79. The van der Waals surface area contributed by atoms with E-state index < -0.39 is 23.9 Å². The molecule has 3 rings (SSSR count). The molecule has 6 nitrogen and oxygen atoms in total. The number of hydrogen-bond acceptors (Lipinski definition) is 4. The molecule has 33 heavy (non-hydrogen) atoms. The maximum Gasteiger partial charge on any atom is 0.240 e. The summed E-state index contributed by atoms with van der Waals surface area (Å²) in [5.41, 5.74) is 14.0. The number of benzene rings is 3. The topological polar surface area (TPSA) is 110 Å². The Hall–Kier alpha value is -3.64. The van der Waals surface area contributed by atoms with Crippen LogP contribution in [0.2, 0.25) is 0 Å². The van der Waals surface area contributed by atoms with Crippen LogP contribution >= 0.6 is 0 Å². The molecule has 0 aliphatic heterocycles. The number of amides is 2. The third-order valence-electron chi connectivity index (χ3n) is 5.91. The van der Waals surface area contributed by atoms with Gasteiger partial charge in [0.25, 0.3) is 0 Å². The van der Waals surface area contributed by atoms with E-state index >= 15 is 0 Å². The Balaban J connectivity index is 2.12. The fourth-order valence-corrected chi connectivity index (χ4v) is 4.18. The molecule has 3 aromatic rings. The molecular formula is C27H31N3O3. The third-order valence-corrected chi connectivity index (χ3v) is 5.91. The molecule has 0 saturated carbocycles. The number of rotatable bonds is 10. The minimum absolute atomic E-state index is 0.129. The summed E-state index contributed by atoms with van der Waals surface area (Å²) < 4.78 is 0. The Morgan fingerprint density at radius 1 is 0.848 bits per heavy atom. The molecule has 0 saturated heterocycles. The van der Waals surface area contributed by atoms with E-state index in [1.54, 1.807) is 29.2 Å². The summed E-state index contributed by atoms with van der Waals surface area (Å²) in [4.78, 5) is 28.4. The average molecular weight is 446 g/mol. The molecule has 2 amide bonds. The van der Waals surface area contributed by atoms with Gasteiger partial charge in [0.05, 0.1) is 12.0 Å². The molecule has 0 spiro atoms. The highest BCUT2D eigenvalue weighted by Gasteiger charge is 2.37. The monoisotopic (exact) mass is 445 g/mol. The first kappa shape index (κ1) is 24.0. The fourth-order valence-electron chi connectivity index (χ4n) is 4.18. The van der Waals surface area contributed by atoms with Crippen LogP contribution in [0.4, 0.5) is 0 Å². The van der Waals surface area contributed by atoms with E-state index in [4.69, 9.17) is 11.5 Å². The second kappa shape index (κ2) is 11.3. The van der Waals surface area contributed by atoms with Crippen LogP contribution in [0.25, 0.3) is 0 Å². The van der Waals surface area contributed by atoms with Crippen molar-refractivity contribution < 1.29 is 14.7 Å². The molecule has 0 aromatic heterocycles. The molecule has 6 heteroatoms. The number of nitrogens with zero attached hydrogens (tertiary/aromatic N) is 1. The molecule has 0 unspecified atom stereocenters. The maximum absolute atomic E-state index is 14.3. The number of phenols is 1. The molecule has 0 fully saturated rings. The second-order valence-electron chi connectivity index (χ2n) is 8.12. The van der Waals surface area contributed by atoms with Gasteiger partial charge in [-0.3, -0.25) is 9.59 Å². The number of hydrogen-bond donors (Lipinski definition) is 3. The zero-order valence-corrected chi connectivity index (χ0v) is 18.8. The molecule has 0 radical (unpaired) electrons. The van der Waals surface area contributed by atoms with Gasteiger partial charge in [0.2, 0.25) is 11.8 Å². The van der Waals surface area contributed by atoms with Crippen molar-refractivity contribution in [1.29, 1.82) is 0 Å². The Morgan fingerprint density at radius 3 is 1.82 bits per heavy atom. The van der Waals surface area contributed by atoms with Crippen molar-refractivity contribution in [3.63, 3.8) is 0 Å². The Labute approximate surface area is 194 Å². The Morgan fingerprint density at radius 2 is 1.36 bits per heavy atom. The lowest BCUT2D eigenvalue weighted by atomic mass is 9.88. The quantitative estimate of drug-likeness (QED) is 0.442. The predicted octanol–water partition coefficient (Wildman–Crippen LogP) is 3.71. The molecule has 172 valence electrons. The van der Waals surface area contributed by atoms with Crippen LogP contribution in [0, 0.1) is 0 Å². The van der Waals surface area contributed by atoms with Crippen molar-refractivity contribution in [2.45, 2.75) is 37.8 Å². The van der Waals surface area contributed by atoms with Gasteiger partial charge in [-0.15, -0.1) is 0 Å². The highest BCUT2D eigenvalue weighted by atomic mass is 16.3. The van der Waals surface area contributed by atoms with Crippen molar-refractivity contribution in [3.8, 4) is 5.75 Å². The summed E-state index contributed by atoms with van der Waals surface area (Å²) in [5, 5.41) is 9.72. The van der Waals surface area contributed by atoms with E-state index in [1.807, 2.05) is 67.6 Å². The lowest BCUT2D eigenvalue weighted by Crippen LogP contribution is -2.50. The molecule has 0 heterocycles. The second-order valence-corrected chi connectivity index (χ2v) is 8.12. The first-order valence-electron chi connectivity index (χ1n) is 11.1. The maximum atomic E-state index is 14.3. The van der Waals surface area contributed by atoms with Crippen LogP contribution in [0.15, 0.2) is 84.9 Å². The van der Waals surface area contributed by atoms with Gasteiger partial charge in [-0.05, 0) is 55.1 Å². The highest BCUT2D eigenvalue weighted by molar-refractivity contribution is 5.92. The molecule has 0 bridgehead atoms. The van der Waals surface area contributed by atoms with Crippen molar-refractivity contribution in [2.75, 3.05) is 6.54 Å². The van der Waals surface area contributed by atoms with Crippen LogP contribution < -0.4 is 11.5 Å². The summed E-state index contributed by atoms with van der Waals surface area (Å²) in [5.74, 6) is -1.26. The summed E-state index contributed by atoms with van der Waals surface area (Å²) in [6.07, 6.45) is 0.928. The lowest BCUT2D eigenvalue weighted by Gasteiger charge is -2.38. The predicted molar refractivity (Wildman–Crippen MR) is 129 cm³/mol. The van der Waals surface area contributed by atoms with E-state index in [2.05, 4.69) is 0 Å². The minimum atomic E-state index is -0.820. The normalized spacial score (nSPS) is 12.8. The number of phenolic OH excluding ortho intramolecular Hbond substituents is 1. The molecule has 2 atom stereocenters. The van der Waals surface area contributed by atoms with Crippen molar-refractivity contribution in [2.24, 2.45) is 11.5 Å². The van der Waals surface area contributed by atoms with Crippen LogP contribution in [0.5, 0.6) is 5.75 Å². The molecule has 0 aliphatic carbocycles. The SMILES string of the molecule is C[C@H](c1ccc(O)cc1)N(C(=O)C(c1ccccc1)c1ccccc1)[C@H](CCCN)C(N)=O. The molecule has 0 aliphatic rings. The van der Waals surface area contributed by atoms with Crippen LogP contribution in [-0.2, 0) is 9.59 Å². The molecular weight excluding hydrogens is 414 g/mol. The number of aromatic hydroxyl groups is 1. The zero-order chi connectivity index (χ0) is 23.8. The van der Waals surface area contributed by atoms with E-state index in [-0.39, 0.29) is 11.7 Å². The number of primary amides is 1. The number of carbonyl (C=O) groups excluding carboxylic acids is 2. The summed E-state index contributed by atoms with van der Waals surface area (Å²) in [7, 11) is 0. The van der Waals surface area contributed by atoms with Gasteiger partial charge in [-0.25, -0.2) is 0 Å². The van der Waals surface area contributed by atoms with Crippen LogP contribution in [-0.4, -0.2) is 34.4 Å². The number of nitrogens with two attached hydrogens (primary N) is 2. The summed E-state index contributed by atoms with van der Waals surface area (Å²) >= 11 is 0. The van der Waals surface area contributed by atoms with E-state index in [1.165, 1.54) is 0 Å². The van der Waals surface area contributed by atoms with Crippen LogP contribution in [0.3, 0.4) is 0 Å². The largest absolute Gasteiger partial charge is 0.508 e. The zero-order valence-electron chi connectivity index (χ0n) is 18.8. The summed E-state index contributed by atoms with van der Waals surface area (Å²) in [6.45, 7) is 2.26. The van der Waals surface area contributed by atoms with E-state index in [9.17, 15) is 14.7 Å². The standard InChI is InChI=1S/C27H31N3O3/c1-19(20-14-16-23(31)17-15-20)30(24(26(29)32)13-8-18-28)27(33)25(21-9-4-2-5-10-21)22-11-6-3-7-12-22/h2-7,9-12,14-17,19,24-25,31H,8,13,18,28H2,1H3,(H2,29,32)/t19-,24-/m1/s1. The number of carbonyl (C=O) groups is 2. The lowest BCUT2D eigenvalue weighted by molar-refractivity contribution is -0.142. The van der Waals surface area contributed by atoms with Gasteiger partial charge in [0.15, 0.2) is 0 Å². The molecule has 5 N–H and O–H groups in total. The van der Waals surface area contributed by atoms with Crippen molar-refractivity contribution >= 4 is 11.8 Å². The van der Waals surface area contributed by atoms with Gasteiger partial charge in [-0.1, -0.05) is 72.8 Å². The van der Waals surface area contributed by atoms with Gasteiger partial charge < -0.3 is 21.5 Å². The van der Waals surface area contributed by atoms with Gasteiger partial charge >= 0.3 is 0 Å². The van der Waals surface area contributed by atoms with Gasteiger partial charge in [-0.2, -0.15) is 0 Å².